The number of aliphatic hydroxyl groups is 4. The van der Waals surface area contributed by atoms with Crippen LogP contribution in [0.4, 0.5) is 0 Å². The molecule has 4 N–H and O–H groups in total. The fraction of sp³-hybridized carbons (Fsp3) is 0.509. The Balaban J connectivity index is 1.05. The predicted molar refractivity (Wildman–Crippen MR) is 257 cm³/mol. The highest BCUT2D eigenvalue weighted by atomic mass is 16.5. The summed E-state index contributed by atoms with van der Waals surface area (Å²) in [7, 11) is 13.8. The van der Waals surface area contributed by atoms with Crippen LogP contribution in [0.5, 0.6) is 34.5 Å². The largest absolute Gasteiger partial charge is 0.493 e. The fourth-order valence-corrected chi connectivity index (χ4v) is 10.6. The normalized spacial score (nSPS) is 19.5. The van der Waals surface area contributed by atoms with Crippen molar-refractivity contribution < 1.29 is 76.9 Å². The van der Waals surface area contributed by atoms with Crippen molar-refractivity contribution in [3.63, 3.8) is 0 Å². The number of nitrogens with zero attached hydrogens (tertiary/aromatic N) is 2. The molecule has 6 rings (SSSR count). The zero-order valence-corrected chi connectivity index (χ0v) is 41.6. The molecule has 4 aromatic carbocycles. The van der Waals surface area contributed by atoms with E-state index in [1.165, 1.54) is 12.7 Å². The molecule has 16 heteroatoms. The molecule has 0 saturated heterocycles. The third-order valence-corrected chi connectivity index (χ3v) is 14.2. The number of hydrogen-bond donors (Lipinski definition) is 4. The maximum atomic E-state index is 13.0. The molecule has 4 unspecified atom stereocenters. The molecule has 69 heavy (non-hydrogen) atoms. The van der Waals surface area contributed by atoms with Gasteiger partial charge in [-0.05, 0) is 70.3 Å². The van der Waals surface area contributed by atoms with E-state index < -0.39 is 11.9 Å². The van der Waals surface area contributed by atoms with Crippen LogP contribution in [0.25, 0.3) is 0 Å². The van der Waals surface area contributed by atoms with Gasteiger partial charge in [-0.15, -0.1) is 0 Å². The molecule has 0 spiro atoms. The van der Waals surface area contributed by atoms with Crippen molar-refractivity contribution in [3.8, 4) is 34.5 Å². The van der Waals surface area contributed by atoms with Crippen molar-refractivity contribution in [2.24, 2.45) is 0 Å². The van der Waals surface area contributed by atoms with Gasteiger partial charge in [-0.2, -0.15) is 0 Å². The first-order valence-corrected chi connectivity index (χ1v) is 23.6. The number of methoxy groups -OCH3 is 6. The molecule has 16 nitrogen and oxygen atoms in total. The summed E-state index contributed by atoms with van der Waals surface area (Å²) in [6.07, 6.45) is 3.10. The van der Waals surface area contributed by atoms with Crippen molar-refractivity contribution in [2.45, 2.75) is 83.5 Å². The van der Waals surface area contributed by atoms with Crippen LogP contribution in [-0.4, -0.2) is 137 Å². The summed E-state index contributed by atoms with van der Waals surface area (Å²) in [6.45, 7) is 2.37. The minimum absolute atomic E-state index is 0.0193. The Bertz CT molecular complexity index is 2370. The molecule has 0 amide bonds. The summed E-state index contributed by atoms with van der Waals surface area (Å²) in [5.74, 6) is 2.35. The molecule has 4 atom stereocenters. The molecule has 2 aliphatic rings. The standard InChI is InChI=1S/C53H72N2O14/c1-54(17-13-36-27-45(62-3)46(63-4)29-42(36)44(54)22-34-21-40(32-58)52(66-7)47(23-34)64-5)15-9-19-68-49(60)11-12-50(61)69-20-10-16-55(2)18-14-35-24-38(30-56)39(31-57)26-43(35)51(55)37-25-41(33-59)53(67-8)48(28-37)65-6/h21,23-29,44,51,56-59H,9-20,22,30-33H2,1-8H3/q+2. The van der Waals surface area contributed by atoms with Gasteiger partial charge in [0, 0.05) is 59.9 Å². The van der Waals surface area contributed by atoms with E-state index in [1.807, 2.05) is 36.4 Å². The molecule has 0 radical (unpaired) electrons. The second-order valence-corrected chi connectivity index (χ2v) is 18.4. The fourth-order valence-electron chi connectivity index (χ4n) is 10.6. The number of carbonyl (C=O) groups excluding carboxylic acids is 2. The number of ether oxygens (including phenoxy) is 8. The van der Waals surface area contributed by atoms with E-state index in [4.69, 9.17) is 37.9 Å². The van der Waals surface area contributed by atoms with E-state index in [0.717, 1.165) is 53.7 Å². The maximum absolute atomic E-state index is 13.0. The van der Waals surface area contributed by atoms with Gasteiger partial charge in [0.2, 0.25) is 0 Å². The van der Waals surface area contributed by atoms with Crippen molar-refractivity contribution in [1.29, 1.82) is 0 Å². The molecule has 2 heterocycles. The van der Waals surface area contributed by atoms with Gasteiger partial charge in [-0.3, -0.25) is 9.59 Å². The van der Waals surface area contributed by atoms with Gasteiger partial charge in [-0.25, -0.2) is 0 Å². The van der Waals surface area contributed by atoms with Gasteiger partial charge >= 0.3 is 11.9 Å². The number of carbonyl (C=O) groups is 2. The van der Waals surface area contributed by atoms with Gasteiger partial charge in [0.05, 0.1) is 135 Å². The summed E-state index contributed by atoms with van der Waals surface area (Å²) in [5.41, 5.74) is 8.79. The van der Waals surface area contributed by atoms with Crippen LogP contribution in [-0.2, 0) is 64.8 Å². The van der Waals surface area contributed by atoms with Crippen LogP contribution in [0.15, 0.2) is 48.5 Å². The number of hydrogen-bond acceptors (Lipinski definition) is 14. The summed E-state index contributed by atoms with van der Waals surface area (Å²) in [4.78, 5) is 25.9. The van der Waals surface area contributed by atoms with Crippen LogP contribution >= 0.6 is 0 Å². The van der Waals surface area contributed by atoms with Gasteiger partial charge < -0.3 is 67.3 Å². The number of benzene rings is 4. The third kappa shape index (κ3) is 11.7. The average Bonchev–Trinajstić information content (AvgIpc) is 3.37. The SMILES string of the molecule is COc1cc2c(cc1OC)C(Cc1cc(CO)c(OC)c(OC)c1)[N+](C)(CCCOC(=O)CCC(=O)OCCC[N+]1(C)CCc3cc(CO)c(CO)cc3C1c1cc(CO)c(OC)c(OC)c1)CC2. The monoisotopic (exact) mass is 960 g/mol. The van der Waals surface area contributed by atoms with E-state index >= 15 is 0 Å². The molecule has 0 aromatic heterocycles. The molecule has 0 aliphatic carbocycles. The number of rotatable bonds is 24. The third-order valence-electron chi connectivity index (χ3n) is 14.2. The highest BCUT2D eigenvalue weighted by molar-refractivity contribution is 5.77. The van der Waals surface area contributed by atoms with E-state index in [-0.39, 0.29) is 64.6 Å². The summed E-state index contributed by atoms with van der Waals surface area (Å²) >= 11 is 0. The maximum Gasteiger partial charge on any atom is 0.306 e. The topological polar surface area (TPSA) is 189 Å². The molecular weight excluding hydrogens is 889 g/mol. The van der Waals surface area contributed by atoms with E-state index in [0.29, 0.717) is 98.1 Å². The second-order valence-electron chi connectivity index (χ2n) is 18.4. The van der Waals surface area contributed by atoms with Crippen LogP contribution in [0.1, 0.15) is 93.4 Å². The zero-order chi connectivity index (χ0) is 49.9. The number of likely N-dealkylation sites (N-methyl/N-ethyl adjacent to an activating group) is 2. The molecule has 0 saturated carbocycles. The number of fused-ring (bicyclic) bond motifs is 2. The van der Waals surface area contributed by atoms with Crippen LogP contribution in [0, 0.1) is 0 Å². The molecule has 376 valence electrons. The molecule has 0 fully saturated rings. The van der Waals surface area contributed by atoms with E-state index in [2.05, 4.69) is 26.2 Å². The summed E-state index contributed by atoms with van der Waals surface area (Å²) < 4.78 is 46.4. The lowest BCUT2D eigenvalue weighted by atomic mass is 9.83. The van der Waals surface area contributed by atoms with Crippen LogP contribution in [0.3, 0.4) is 0 Å². The van der Waals surface area contributed by atoms with Gasteiger partial charge in [0.25, 0.3) is 0 Å². The Hall–Kier alpha value is -5.62. The minimum Gasteiger partial charge on any atom is -0.493 e. The Labute approximate surface area is 406 Å². The highest BCUT2D eigenvalue weighted by Crippen LogP contribution is 2.46. The summed E-state index contributed by atoms with van der Waals surface area (Å²) in [6, 6.07) is 15.5. The lowest BCUT2D eigenvalue weighted by Gasteiger charge is -2.46. The van der Waals surface area contributed by atoms with Crippen molar-refractivity contribution >= 4 is 11.9 Å². The Kier molecular flexibility index (Phi) is 18.2. The van der Waals surface area contributed by atoms with Crippen LogP contribution in [0.2, 0.25) is 0 Å². The van der Waals surface area contributed by atoms with Gasteiger partial charge in [0.15, 0.2) is 34.5 Å². The first-order chi connectivity index (χ1) is 33.3. The minimum atomic E-state index is -0.480. The van der Waals surface area contributed by atoms with Crippen molar-refractivity contribution in [2.75, 3.05) is 96.1 Å². The molecule has 2 aliphatic heterocycles. The molecule has 0 bridgehead atoms. The Morgan fingerprint density at radius 3 is 1.58 bits per heavy atom. The smallest absolute Gasteiger partial charge is 0.306 e. The number of aliphatic hydroxyl groups excluding tert-OH is 4. The first-order valence-electron chi connectivity index (χ1n) is 23.6. The van der Waals surface area contributed by atoms with Gasteiger partial charge in [0.1, 0.15) is 12.1 Å². The number of esters is 2. The van der Waals surface area contributed by atoms with Gasteiger partial charge in [-0.1, -0.05) is 6.07 Å². The van der Waals surface area contributed by atoms with Crippen molar-refractivity contribution in [3.05, 3.63) is 104 Å². The van der Waals surface area contributed by atoms with E-state index in [1.54, 1.807) is 35.5 Å². The second kappa shape index (κ2) is 23.8. The van der Waals surface area contributed by atoms with E-state index in [9.17, 15) is 30.0 Å². The number of quaternary nitrogens is 2. The lowest BCUT2D eigenvalue weighted by Crippen LogP contribution is -2.52. The Morgan fingerprint density at radius 2 is 1.03 bits per heavy atom. The average molecular weight is 961 g/mol. The summed E-state index contributed by atoms with van der Waals surface area (Å²) in [5, 5.41) is 40.9. The van der Waals surface area contributed by atoms with Crippen molar-refractivity contribution in [1.82, 2.24) is 0 Å². The first kappa shape index (κ1) is 52.7. The Morgan fingerprint density at radius 1 is 0.536 bits per heavy atom. The highest BCUT2D eigenvalue weighted by Gasteiger charge is 2.42. The van der Waals surface area contributed by atoms with Crippen LogP contribution < -0.4 is 28.4 Å². The predicted octanol–water partition coefficient (Wildman–Crippen LogP) is 5.43. The quantitative estimate of drug-likeness (QED) is 0.0395. The molecule has 4 aromatic rings. The lowest BCUT2D eigenvalue weighted by molar-refractivity contribution is -0.941. The zero-order valence-electron chi connectivity index (χ0n) is 41.6. The molecular formula is C53H72N2O14+2.